The molecule has 108 valence electrons. The molecule has 4 heterocycles. The quantitative estimate of drug-likeness (QED) is 0.654. The molecule has 0 spiro atoms. The zero-order chi connectivity index (χ0) is 14.6. The number of carbonyl (C=O) groups is 2. The molecule has 3 aliphatic rings. The number of thioether (sulfide) groups is 1. The zero-order valence-corrected chi connectivity index (χ0v) is 12.0. The highest BCUT2D eigenvalue weighted by molar-refractivity contribution is 7.98. The molecular formula is C14H13N3O3S. The topological polar surface area (TPSA) is 75.4 Å². The van der Waals surface area contributed by atoms with Gasteiger partial charge >= 0.3 is 5.97 Å². The maximum absolute atomic E-state index is 12.1. The molecule has 0 radical (unpaired) electrons. The molecule has 1 saturated heterocycles. The highest BCUT2D eigenvalue weighted by atomic mass is 32.2. The molecule has 0 aromatic carbocycles. The van der Waals surface area contributed by atoms with E-state index in [2.05, 4.69) is 5.10 Å². The molecule has 3 aliphatic heterocycles. The van der Waals surface area contributed by atoms with Crippen LogP contribution in [0.2, 0.25) is 0 Å². The van der Waals surface area contributed by atoms with Crippen LogP contribution in [-0.4, -0.2) is 43.5 Å². The van der Waals surface area contributed by atoms with Crippen molar-refractivity contribution in [1.82, 2.24) is 14.7 Å². The Morgan fingerprint density at radius 1 is 1.52 bits per heavy atom. The number of amides is 1. The molecule has 21 heavy (non-hydrogen) atoms. The number of carbonyl (C=O) groups excluding carboxylic acids is 1. The van der Waals surface area contributed by atoms with Gasteiger partial charge in [0.1, 0.15) is 5.70 Å². The number of hydrogen-bond acceptors (Lipinski definition) is 4. The Labute approximate surface area is 125 Å². The summed E-state index contributed by atoms with van der Waals surface area (Å²) in [7, 11) is 0. The fourth-order valence-electron chi connectivity index (χ4n) is 3.02. The van der Waals surface area contributed by atoms with Crippen LogP contribution in [0.15, 0.2) is 23.4 Å². The highest BCUT2D eigenvalue weighted by Crippen LogP contribution is 2.39. The van der Waals surface area contributed by atoms with Crippen LogP contribution in [0.25, 0.3) is 6.08 Å². The second kappa shape index (κ2) is 4.49. The van der Waals surface area contributed by atoms with Crippen LogP contribution >= 0.6 is 11.8 Å². The summed E-state index contributed by atoms with van der Waals surface area (Å²) >= 11 is 1.88. The van der Waals surface area contributed by atoms with Crippen LogP contribution < -0.4 is 0 Å². The van der Waals surface area contributed by atoms with Gasteiger partial charge in [0.2, 0.25) is 0 Å². The third kappa shape index (κ3) is 1.84. The number of nitrogens with zero attached hydrogens (tertiary/aromatic N) is 3. The molecule has 0 aliphatic carbocycles. The molecule has 1 amide bonds. The fourth-order valence-corrected chi connectivity index (χ4v) is 3.91. The first-order chi connectivity index (χ1) is 10.1. The summed E-state index contributed by atoms with van der Waals surface area (Å²) in [4.78, 5) is 24.5. The van der Waals surface area contributed by atoms with E-state index in [4.69, 9.17) is 5.11 Å². The molecule has 1 N–H and O–H groups in total. The SMILES string of the molecule is O=C(O)C1=CCC2C(=Cc3cc4n(n3)CCSC4)C(=O)N12. The smallest absolute Gasteiger partial charge is 0.352 e. The molecule has 1 aromatic heterocycles. The molecule has 7 heteroatoms. The van der Waals surface area contributed by atoms with Gasteiger partial charge in [0.15, 0.2) is 0 Å². The van der Waals surface area contributed by atoms with Gasteiger partial charge in [-0.25, -0.2) is 4.79 Å². The summed E-state index contributed by atoms with van der Waals surface area (Å²) in [5.41, 5.74) is 2.73. The van der Waals surface area contributed by atoms with E-state index in [-0.39, 0.29) is 17.6 Å². The first kappa shape index (κ1) is 12.7. The van der Waals surface area contributed by atoms with E-state index in [1.54, 1.807) is 12.2 Å². The van der Waals surface area contributed by atoms with E-state index in [1.165, 1.54) is 10.6 Å². The summed E-state index contributed by atoms with van der Waals surface area (Å²) < 4.78 is 1.99. The lowest BCUT2D eigenvalue weighted by Crippen LogP contribution is -2.52. The van der Waals surface area contributed by atoms with Gasteiger partial charge in [0.05, 0.1) is 18.3 Å². The Hall–Kier alpha value is -2.02. The van der Waals surface area contributed by atoms with Gasteiger partial charge in [-0.2, -0.15) is 16.9 Å². The zero-order valence-electron chi connectivity index (χ0n) is 11.2. The van der Waals surface area contributed by atoms with Crippen LogP contribution in [0.4, 0.5) is 0 Å². The number of hydrogen-bond donors (Lipinski definition) is 1. The van der Waals surface area contributed by atoms with Crippen molar-refractivity contribution in [3.8, 4) is 0 Å². The van der Waals surface area contributed by atoms with E-state index in [9.17, 15) is 9.59 Å². The van der Waals surface area contributed by atoms with Crippen molar-refractivity contribution in [2.75, 3.05) is 5.75 Å². The number of fused-ring (bicyclic) bond motifs is 2. The largest absolute Gasteiger partial charge is 0.477 e. The van der Waals surface area contributed by atoms with Crippen molar-refractivity contribution < 1.29 is 14.7 Å². The molecule has 6 nitrogen and oxygen atoms in total. The van der Waals surface area contributed by atoms with E-state index in [0.717, 1.165) is 23.7 Å². The standard InChI is InChI=1S/C14H13N3O3S/c18-13-10(11-1-2-12(14(19)20)17(11)13)6-8-5-9-7-21-4-3-16(9)15-8/h2,5-6,11H,1,3-4,7H2,(H,19,20). The van der Waals surface area contributed by atoms with Crippen molar-refractivity contribution in [2.45, 2.75) is 24.8 Å². The summed E-state index contributed by atoms with van der Waals surface area (Å²) in [6.45, 7) is 0.900. The van der Waals surface area contributed by atoms with Gasteiger partial charge in [0.25, 0.3) is 5.91 Å². The lowest BCUT2D eigenvalue weighted by atomic mass is 9.93. The van der Waals surface area contributed by atoms with Crippen molar-refractivity contribution in [1.29, 1.82) is 0 Å². The van der Waals surface area contributed by atoms with Crippen molar-refractivity contribution in [2.24, 2.45) is 0 Å². The number of carboxylic acids is 1. The third-order valence-electron chi connectivity index (χ3n) is 4.03. The third-order valence-corrected chi connectivity index (χ3v) is 5.00. The molecule has 1 fully saturated rings. The van der Waals surface area contributed by atoms with Crippen molar-refractivity contribution >= 4 is 29.7 Å². The van der Waals surface area contributed by atoms with Crippen LogP contribution in [0.5, 0.6) is 0 Å². The van der Waals surface area contributed by atoms with Gasteiger partial charge < -0.3 is 5.11 Å². The maximum Gasteiger partial charge on any atom is 0.352 e. The predicted octanol–water partition coefficient (Wildman–Crippen LogP) is 1.10. The molecule has 0 bridgehead atoms. The number of aryl methyl sites for hydroxylation is 1. The first-order valence-electron chi connectivity index (χ1n) is 6.78. The summed E-state index contributed by atoms with van der Waals surface area (Å²) in [5.74, 6) is 0.752. The number of aromatic nitrogens is 2. The Morgan fingerprint density at radius 3 is 3.14 bits per heavy atom. The van der Waals surface area contributed by atoms with E-state index in [1.807, 2.05) is 22.5 Å². The summed E-state index contributed by atoms with van der Waals surface area (Å²) in [6.07, 6.45) is 3.99. The Bertz CT molecular complexity index is 696. The number of aliphatic carboxylic acids is 1. The fraction of sp³-hybridized carbons (Fsp3) is 0.357. The van der Waals surface area contributed by atoms with Crippen LogP contribution in [-0.2, 0) is 21.9 Å². The van der Waals surface area contributed by atoms with Gasteiger partial charge in [-0.05, 0) is 18.6 Å². The summed E-state index contributed by atoms with van der Waals surface area (Å²) in [5, 5.41) is 13.5. The minimum atomic E-state index is -1.04. The number of carboxylic acid groups (broad SMARTS) is 1. The van der Waals surface area contributed by atoms with Crippen molar-refractivity contribution in [3.63, 3.8) is 0 Å². The van der Waals surface area contributed by atoms with Gasteiger partial charge in [0, 0.05) is 22.8 Å². The molecule has 1 aromatic rings. The molecule has 0 saturated carbocycles. The van der Waals surface area contributed by atoms with Gasteiger partial charge in [-0.3, -0.25) is 14.4 Å². The van der Waals surface area contributed by atoms with E-state index in [0.29, 0.717) is 12.0 Å². The number of rotatable bonds is 2. The average Bonchev–Trinajstić information content (AvgIpc) is 3.05. The highest BCUT2D eigenvalue weighted by Gasteiger charge is 2.48. The molecule has 1 unspecified atom stereocenters. The van der Waals surface area contributed by atoms with Gasteiger partial charge in [-0.15, -0.1) is 0 Å². The Morgan fingerprint density at radius 2 is 2.38 bits per heavy atom. The predicted molar refractivity (Wildman–Crippen MR) is 77.3 cm³/mol. The summed E-state index contributed by atoms with van der Waals surface area (Å²) in [6, 6.07) is 1.88. The van der Waals surface area contributed by atoms with E-state index >= 15 is 0 Å². The number of β-lactam (4-membered cyclic amide) rings is 1. The molecule has 4 rings (SSSR count). The lowest BCUT2D eigenvalue weighted by molar-refractivity contribution is -0.142. The lowest BCUT2D eigenvalue weighted by Gasteiger charge is -2.38. The maximum atomic E-state index is 12.1. The normalized spacial score (nSPS) is 25.4. The molecular weight excluding hydrogens is 290 g/mol. The second-order valence-electron chi connectivity index (χ2n) is 5.26. The Balaban J connectivity index is 1.60. The van der Waals surface area contributed by atoms with Crippen LogP contribution in [0, 0.1) is 0 Å². The monoisotopic (exact) mass is 303 g/mol. The molecule has 1 atom stereocenters. The van der Waals surface area contributed by atoms with E-state index < -0.39 is 5.97 Å². The average molecular weight is 303 g/mol. The second-order valence-corrected chi connectivity index (χ2v) is 6.36. The van der Waals surface area contributed by atoms with Crippen molar-refractivity contribution in [3.05, 3.63) is 34.8 Å². The Kier molecular flexibility index (Phi) is 2.72. The van der Waals surface area contributed by atoms with Gasteiger partial charge in [-0.1, -0.05) is 6.08 Å². The first-order valence-corrected chi connectivity index (χ1v) is 7.93. The van der Waals surface area contributed by atoms with Crippen LogP contribution in [0.3, 0.4) is 0 Å². The minimum Gasteiger partial charge on any atom is -0.477 e. The van der Waals surface area contributed by atoms with Crippen LogP contribution in [0.1, 0.15) is 17.8 Å². The minimum absolute atomic E-state index is 0.0997.